The quantitative estimate of drug-likeness (QED) is 0.503. The molecule has 3 N–H and O–H groups in total. The first kappa shape index (κ1) is 18.5. The lowest BCUT2D eigenvalue weighted by Gasteiger charge is -2.09. The van der Waals surface area contributed by atoms with Crippen LogP contribution < -0.4 is 15.9 Å². The Balaban J connectivity index is 1.67. The molecule has 1 aromatic heterocycles. The van der Waals surface area contributed by atoms with Gasteiger partial charge in [-0.25, -0.2) is 14.8 Å². The van der Waals surface area contributed by atoms with E-state index in [1.165, 1.54) is 12.3 Å². The summed E-state index contributed by atoms with van der Waals surface area (Å²) in [5.41, 5.74) is 9.69. The molecule has 138 valence electrons. The minimum Gasteiger partial charge on any atom is -0.488 e. The summed E-state index contributed by atoms with van der Waals surface area (Å²) in [6.45, 7) is 1.79. The van der Waals surface area contributed by atoms with Crippen molar-refractivity contribution in [3.8, 4) is 5.75 Å². The average Bonchev–Trinajstić information content (AvgIpc) is 3.00. The van der Waals surface area contributed by atoms with E-state index in [4.69, 9.17) is 10.5 Å². The number of rotatable bonds is 6. The molecule has 0 unspecified atom stereocenters. The molecule has 0 fully saturated rings. The maximum Gasteiger partial charge on any atom is 0.283 e. The number of ether oxygens (including phenoxy) is 1. The SMILES string of the molecule is Cc1nc(N)sc1C(=O)N/N=C/c1ccccc1OCc1ccccc1F. The van der Waals surface area contributed by atoms with Crippen molar-refractivity contribution >= 4 is 28.6 Å². The third kappa shape index (κ3) is 4.68. The number of para-hydroxylation sites is 1. The van der Waals surface area contributed by atoms with E-state index in [0.717, 1.165) is 11.3 Å². The molecule has 3 aromatic rings. The Bertz CT molecular complexity index is 987. The first-order valence-corrected chi connectivity index (χ1v) is 8.88. The molecular weight excluding hydrogens is 367 g/mol. The van der Waals surface area contributed by atoms with Crippen LogP contribution in [-0.4, -0.2) is 17.1 Å². The second-order valence-corrected chi connectivity index (χ2v) is 6.61. The van der Waals surface area contributed by atoms with E-state index in [0.29, 0.717) is 32.6 Å². The van der Waals surface area contributed by atoms with Crippen LogP contribution >= 0.6 is 11.3 Å². The second-order valence-electron chi connectivity index (χ2n) is 5.58. The fourth-order valence-corrected chi connectivity index (χ4v) is 3.05. The van der Waals surface area contributed by atoms with E-state index in [1.54, 1.807) is 43.3 Å². The van der Waals surface area contributed by atoms with E-state index in [1.807, 2.05) is 6.07 Å². The van der Waals surface area contributed by atoms with Gasteiger partial charge >= 0.3 is 0 Å². The zero-order valence-corrected chi connectivity index (χ0v) is 15.3. The van der Waals surface area contributed by atoms with Gasteiger partial charge in [0.25, 0.3) is 5.91 Å². The maximum absolute atomic E-state index is 13.7. The summed E-state index contributed by atoms with van der Waals surface area (Å²) in [5, 5.41) is 4.29. The van der Waals surface area contributed by atoms with Gasteiger partial charge in [-0.3, -0.25) is 4.79 Å². The third-order valence-corrected chi connectivity index (χ3v) is 4.63. The van der Waals surface area contributed by atoms with E-state index in [9.17, 15) is 9.18 Å². The minimum atomic E-state index is -0.386. The summed E-state index contributed by atoms with van der Waals surface area (Å²) in [5.74, 6) is -0.185. The maximum atomic E-state index is 13.7. The Labute approximate surface area is 159 Å². The number of carbonyl (C=O) groups excluding carboxylic acids is 1. The molecule has 0 saturated carbocycles. The van der Waals surface area contributed by atoms with E-state index < -0.39 is 0 Å². The molecule has 0 atom stereocenters. The lowest BCUT2D eigenvalue weighted by molar-refractivity contribution is 0.0958. The van der Waals surface area contributed by atoms with Crippen LogP contribution in [-0.2, 0) is 6.61 Å². The van der Waals surface area contributed by atoms with Gasteiger partial charge in [0.15, 0.2) is 5.13 Å². The van der Waals surface area contributed by atoms with Crippen LogP contribution in [0.5, 0.6) is 5.75 Å². The molecule has 6 nitrogen and oxygen atoms in total. The van der Waals surface area contributed by atoms with Crippen molar-refractivity contribution in [2.75, 3.05) is 5.73 Å². The van der Waals surface area contributed by atoms with Crippen LogP contribution in [0.15, 0.2) is 53.6 Å². The topological polar surface area (TPSA) is 89.6 Å². The summed E-state index contributed by atoms with van der Waals surface area (Å²) < 4.78 is 19.4. The van der Waals surface area contributed by atoms with Gasteiger partial charge in [-0.15, -0.1) is 0 Å². The normalized spacial score (nSPS) is 10.9. The Morgan fingerprint density at radius 2 is 2.04 bits per heavy atom. The molecule has 0 spiro atoms. The highest BCUT2D eigenvalue weighted by Gasteiger charge is 2.13. The number of anilines is 1. The number of halogens is 1. The highest BCUT2D eigenvalue weighted by atomic mass is 32.1. The average molecular weight is 384 g/mol. The Hall–Kier alpha value is -3.26. The predicted octanol–water partition coefficient (Wildman–Crippen LogP) is 3.52. The van der Waals surface area contributed by atoms with Gasteiger partial charge in [-0.2, -0.15) is 5.10 Å². The molecule has 0 aliphatic rings. The summed E-state index contributed by atoms with van der Waals surface area (Å²) in [7, 11) is 0. The molecule has 0 aliphatic heterocycles. The molecule has 2 aromatic carbocycles. The van der Waals surface area contributed by atoms with Crippen LogP contribution in [0.1, 0.15) is 26.5 Å². The Morgan fingerprint density at radius 3 is 2.78 bits per heavy atom. The fourth-order valence-electron chi connectivity index (χ4n) is 2.33. The minimum absolute atomic E-state index is 0.0865. The van der Waals surface area contributed by atoms with Crippen molar-refractivity contribution in [2.45, 2.75) is 13.5 Å². The monoisotopic (exact) mass is 384 g/mol. The zero-order chi connectivity index (χ0) is 19.2. The van der Waals surface area contributed by atoms with Crippen molar-refractivity contribution in [1.29, 1.82) is 0 Å². The molecule has 0 aliphatic carbocycles. The molecule has 0 saturated heterocycles. The predicted molar refractivity (Wildman–Crippen MR) is 103 cm³/mol. The van der Waals surface area contributed by atoms with Crippen molar-refractivity contribution in [3.05, 3.63) is 76.0 Å². The number of carbonyl (C=O) groups is 1. The number of nitrogens with zero attached hydrogens (tertiary/aromatic N) is 2. The summed E-state index contributed by atoms with van der Waals surface area (Å²) in [6, 6.07) is 13.6. The zero-order valence-electron chi connectivity index (χ0n) is 14.5. The number of aryl methyl sites for hydroxylation is 1. The van der Waals surface area contributed by atoms with Gasteiger partial charge in [0.1, 0.15) is 23.1 Å². The third-order valence-electron chi connectivity index (χ3n) is 3.65. The summed E-state index contributed by atoms with van der Waals surface area (Å²) >= 11 is 1.10. The number of nitrogens with one attached hydrogen (secondary N) is 1. The van der Waals surface area contributed by atoms with Gasteiger partial charge < -0.3 is 10.5 Å². The lowest BCUT2D eigenvalue weighted by Crippen LogP contribution is -2.17. The Morgan fingerprint density at radius 1 is 1.30 bits per heavy atom. The van der Waals surface area contributed by atoms with E-state index in [-0.39, 0.29) is 18.3 Å². The molecule has 0 radical (unpaired) electrons. The number of hydrogen-bond acceptors (Lipinski definition) is 6. The standard InChI is InChI=1S/C19H17FN4O2S/c1-12-17(27-19(21)23-12)18(25)24-22-10-13-6-3-5-9-16(13)26-11-14-7-2-4-8-15(14)20/h2-10H,11H2,1H3,(H2,21,23)(H,24,25)/b22-10+. The van der Waals surface area contributed by atoms with Crippen LogP contribution in [0.4, 0.5) is 9.52 Å². The highest BCUT2D eigenvalue weighted by molar-refractivity contribution is 7.17. The number of hydrazone groups is 1. The number of aromatic nitrogens is 1. The number of nitrogen functional groups attached to an aromatic ring is 1. The van der Waals surface area contributed by atoms with Gasteiger partial charge in [-0.1, -0.05) is 41.7 Å². The second kappa shape index (κ2) is 8.41. The van der Waals surface area contributed by atoms with Crippen LogP contribution in [0.2, 0.25) is 0 Å². The van der Waals surface area contributed by atoms with Crippen molar-refractivity contribution < 1.29 is 13.9 Å². The summed E-state index contributed by atoms with van der Waals surface area (Å²) in [6.07, 6.45) is 1.47. The highest BCUT2D eigenvalue weighted by Crippen LogP contribution is 2.20. The van der Waals surface area contributed by atoms with Crippen LogP contribution in [0.3, 0.4) is 0 Å². The largest absolute Gasteiger partial charge is 0.488 e. The lowest BCUT2D eigenvalue weighted by atomic mass is 10.2. The van der Waals surface area contributed by atoms with Crippen LogP contribution in [0, 0.1) is 12.7 Å². The van der Waals surface area contributed by atoms with Gasteiger partial charge in [0.2, 0.25) is 0 Å². The van der Waals surface area contributed by atoms with Crippen molar-refractivity contribution in [2.24, 2.45) is 5.10 Å². The van der Waals surface area contributed by atoms with Gasteiger partial charge in [-0.05, 0) is 25.1 Å². The van der Waals surface area contributed by atoms with Gasteiger partial charge in [0.05, 0.1) is 11.9 Å². The number of amides is 1. The first-order valence-electron chi connectivity index (χ1n) is 8.06. The fraction of sp³-hybridized carbons (Fsp3) is 0.105. The number of hydrogen-bond donors (Lipinski definition) is 2. The number of nitrogens with two attached hydrogens (primary N) is 1. The molecule has 8 heteroatoms. The molecule has 1 amide bonds. The van der Waals surface area contributed by atoms with E-state index >= 15 is 0 Å². The first-order chi connectivity index (χ1) is 13.0. The number of thiazole rings is 1. The number of benzene rings is 2. The van der Waals surface area contributed by atoms with Gasteiger partial charge in [0, 0.05) is 11.1 Å². The molecule has 1 heterocycles. The van der Waals surface area contributed by atoms with Crippen LogP contribution in [0.25, 0.3) is 0 Å². The van der Waals surface area contributed by atoms with Crippen molar-refractivity contribution in [1.82, 2.24) is 10.4 Å². The van der Waals surface area contributed by atoms with Crippen molar-refractivity contribution in [3.63, 3.8) is 0 Å². The summed E-state index contributed by atoms with van der Waals surface area (Å²) in [4.78, 5) is 16.5. The van der Waals surface area contributed by atoms with E-state index in [2.05, 4.69) is 15.5 Å². The molecular formula is C19H17FN4O2S. The molecule has 3 rings (SSSR count). The molecule has 0 bridgehead atoms. The smallest absolute Gasteiger partial charge is 0.283 e. The Kier molecular flexibility index (Phi) is 5.77. The molecule has 27 heavy (non-hydrogen) atoms.